The smallest absolute Gasteiger partial charge is 0.240 e. The third kappa shape index (κ3) is 5.14. The van der Waals surface area contributed by atoms with E-state index in [9.17, 15) is 0 Å². The fourth-order valence-electron chi connectivity index (χ4n) is 1.78. The Morgan fingerprint density at radius 3 is 2.92 bits per heavy atom. The van der Waals surface area contributed by atoms with Crippen molar-refractivity contribution < 1.29 is 17.4 Å². The summed E-state index contributed by atoms with van der Waals surface area (Å²) in [5.41, 5.74) is 5.80. The first-order chi connectivity index (χ1) is 5.83. The van der Waals surface area contributed by atoms with E-state index in [0.29, 0.717) is 6.04 Å². The van der Waals surface area contributed by atoms with Crippen LogP contribution in [0.2, 0.25) is 0 Å². The number of rotatable bonds is 3. The Morgan fingerprint density at radius 1 is 1.46 bits per heavy atom. The van der Waals surface area contributed by atoms with Crippen molar-refractivity contribution in [3.05, 3.63) is 0 Å². The summed E-state index contributed by atoms with van der Waals surface area (Å²) in [7, 11) is 0. The molecule has 1 aliphatic rings. The molecular weight excluding hydrogens is 184 g/mol. The fourth-order valence-corrected chi connectivity index (χ4v) is 1.78. The van der Waals surface area contributed by atoms with Crippen LogP contribution in [0, 0.1) is 0 Å². The third-order valence-corrected chi connectivity index (χ3v) is 2.54. The predicted molar refractivity (Wildman–Crippen MR) is 51.9 cm³/mol. The second-order valence-corrected chi connectivity index (χ2v) is 3.75. The molecule has 1 unspecified atom stereocenters. The molecule has 0 bridgehead atoms. The minimum absolute atomic E-state index is 0. The van der Waals surface area contributed by atoms with Crippen molar-refractivity contribution in [3.8, 4) is 0 Å². The number of hydrogen-bond donors (Lipinski definition) is 2. The summed E-state index contributed by atoms with van der Waals surface area (Å²) >= 11 is 0. The van der Waals surface area contributed by atoms with Gasteiger partial charge in [-0.15, -0.1) is 0 Å². The molecule has 0 aromatic rings. The number of unbranched alkanes of at least 4 members (excludes halogenated alkanes) is 1. The standard InChI is InChI=1S/C10H20N2.ClH/c1-2-3-6-9-7-4-5-8-10(11)12-9;/h9H,2-8H2,1H3,(H2,11,12);1H. The first-order valence-electron chi connectivity index (χ1n) is 5.20. The first kappa shape index (κ1) is 12.8. The number of hydrogen-bond acceptors (Lipinski definition) is 1. The van der Waals surface area contributed by atoms with Crippen LogP contribution in [0.15, 0.2) is 0 Å². The van der Waals surface area contributed by atoms with Crippen LogP contribution >= 0.6 is 0 Å². The van der Waals surface area contributed by atoms with Crippen molar-refractivity contribution >= 4 is 5.84 Å². The van der Waals surface area contributed by atoms with Gasteiger partial charge in [0.05, 0.1) is 6.04 Å². The minimum atomic E-state index is 0. The van der Waals surface area contributed by atoms with E-state index in [2.05, 4.69) is 11.9 Å². The molecule has 0 aliphatic carbocycles. The van der Waals surface area contributed by atoms with Crippen molar-refractivity contribution in [1.29, 1.82) is 0 Å². The van der Waals surface area contributed by atoms with Crippen LogP contribution in [0.1, 0.15) is 51.9 Å². The van der Waals surface area contributed by atoms with E-state index in [1.165, 1.54) is 38.5 Å². The van der Waals surface area contributed by atoms with Crippen LogP contribution in [0.5, 0.6) is 0 Å². The van der Waals surface area contributed by atoms with Gasteiger partial charge < -0.3 is 12.4 Å². The molecule has 0 saturated heterocycles. The van der Waals surface area contributed by atoms with Crippen LogP contribution in [0.25, 0.3) is 0 Å². The van der Waals surface area contributed by atoms with Gasteiger partial charge in [0.25, 0.3) is 0 Å². The van der Waals surface area contributed by atoms with E-state index < -0.39 is 0 Å². The Balaban J connectivity index is 0.00000144. The van der Waals surface area contributed by atoms with E-state index in [4.69, 9.17) is 5.73 Å². The summed E-state index contributed by atoms with van der Waals surface area (Å²) in [4.78, 5) is 3.41. The first-order valence-corrected chi connectivity index (χ1v) is 5.20. The molecule has 1 heterocycles. The molecule has 13 heavy (non-hydrogen) atoms. The highest BCUT2D eigenvalue weighted by molar-refractivity contribution is 5.74. The largest absolute Gasteiger partial charge is 1.00 e. The molecule has 78 valence electrons. The van der Waals surface area contributed by atoms with Gasteiger partial charge in [-0.2, -0.15) is 0 Å². The van der Waals surface area contributed by atoms with Gasteiger partial charge in [0.15, 0.2) is 0 Å². The number of amidine groups is 1. The fraction of sp³-hybridized carbons (Fsp3) is 0.900. The molecule has 1 rings (SSSR count). The van der Waals surface area contributed by atoms with Crippen LogP contribution in [-0.2, 0) is 0 Å². The molecule has 3 N–H and O–H groups in total. The van der Waals surface area contributed by atoms with Crippen molar-refractivity contribution in [2.24, 2.45) is 5.73 Å². The zero-order valence-electron chi connectivity index (χ0n) is 8.48. The van der Waals surface area contributed by atoms with Gasteiger partial charge in [-0.05, 0) is 32.1 Å². The Labute approximate surface area is 87.4 Å². The maximum atomic E-state index is 5.80. The lowest BCUT2D eigenvalue weighted by Gasteiger charge is -2.06. The summed E-state index contributed by atoms with van der Waals surface area (Å²) < 4.78 is 0. The van der Waals surface area contributed by atoms with Crippen molar-refractivity contribution in [3.63, 3.8) is 0 Å². The van der Waals surface area contributed by atoms with Gasteiger partial charge in [-0.1, -0.05) is 13.3 Å². The van der Waals surface area contributed by atoms with E-state index in [-0.39, 0.29) is 12.4 Å². The van der Waals surface area contributed by atoms with Crippen LogP contribution in [-0.4, -0.2) is 11.9 Å². The predicted octanol–water partition coefficient (Wildman–Crippen LogP) is -2.44. The van der Waals surface area contributed by atoms with Gasteiger partial charge in [-0.25, -0.2) is 0 Å². The highest BCUT2D eigenvalue weighted by Crippen LogP contribution is 2.08. The lowest BCUT2D eigenvalue weighted by atomic mass is 10.1. The SMILES string of the molecule is CCCCC1CCCCC(N)=[NH+]1.[Cl-]. The summed E-state index contributed by atoms with van der Waals surface area (Å²) in [6.45, 7) is 2.24. The molecule has 0 aromatic carbocycles. The quantitative estimate of drug-likeness (QED) is 0.527. The summed E-state index contributed by atoms with van der Waals surface area (Å²) in [5.74, 6) is 1.01. The molecule has 0 fully saturated rings. The minimum Gasteiger partial charge on any atom is -1.00 e. The highest BCUT2D eigenvalue weighted by Gasteiger charge is 2.13. The second kappa shape index (κ2) is 7.19. The van der Waals surface area contributed by atoms with E-state index in [0.717, 1.165) is 12.3 Å². The van der Waals surface area contributed by atoms with Gasteiger partial charge in [0.1, 0.15) is 0 Å². The molecule has 0 spiro atoms. The Kier molecular flexibility index (Phi) is 7.06. The lowest BCUT2D eigenvalue weighted by Crippen LogP contribution is -3.00. The molecule has 1 atom stereocenters. The van der Waals surface area contributed by atoms with E-state index in [1.54, 1.807) is 0 Å². The highest BCUT2D eigenvalue weighted by atomic mass is 35.5. The van der Waals surface area contributed by atoms with Gasteiger partial charge >= 0.3 is 0 Å². The zero-order valence-corrected chi connectivity index (χ0v) is 9.24. The Bertz CT molecular complexity index is 157. The van der Waals surface area contributed by atoms with Gasteiger partial charge in [-0.3, -0.25) is 10.7 Å². The molecule has 2 nitrogen and oxygen atoms in total. The number of halogens is 1. The number of nitrogens with one attached hydrogen (secondary N) is 1. The maximum Gasteiger partial charge on any atom is 0.240 e. The van der Waals surface area contributed by atoms with Crippen molar-refractivity contribution in [2.45, 2.75) is 57.9 Å². The molecule has 0 radical (unpaired) electrons. The van der Waals surface area contributed by atoms with Crippen molar-refractivity contribution in [1.82, 2.24) is 0 Å². The molecular formula is C10H21ClN2. The summed E-state index contributed by atoms with van der Waals surface area (Å²) in [6, 6.07) is 0.660. The average molecular weight is 205 g/mol. The maximum absolute atomic E-state index is 5.80. The van der Waals surface area contributed by atoms with E-state index in [1.807, 2.05) is 0 Å². The zero-order chi connectivity index (χ0) is 8.81. The third-order valence-electron chi connectivity index (χ3n) is 2.54. The normalized spacial score (nSPS) is 22.8. The molecule has 0 saturated carbocycles. The monoisotopic (exact) mass is 204 g/mol. The summed E-state index contributed by atoms with van der Waals surface area (Å²) in [6.07, 6.45) is 8.88. The van der Waals surface area contributed by atoms with Gasteiger partial charge in [0.2, 0.25) is 5.84 Å². The number of nitrogens with two attached hydrogens (primary N) is 1. The van der Waals surface area contributed by atoms with Crippen LogP contribution in [0.3, 0.4) is 0 Å². The molecule has 0 aromatic heterocycles. The topological polar surface area (TPSA) is 40.0 Å². The Hall–Kier alpha value is -0.240. The summed E-state index contributed by atoms with van der Waals surface area (Å²) in [5, 5.41) is 0. The van der Waals surface area contributed by atoms with Gasteiger partial charge in [0, 0.05) is 6.42 Å². The average Bonchev–Trinajstić information content (AvgIpc) is 2.26. The molecule has 3 heteroatoms. The van der Waals surface area contributed by atoms with Crippen LogP contribution in [0.4, 0.5) is 0 Å². The molecule has 0 amide bonds. The van der Waals surface area contributed by atoms with Crippen LogP contribution < -0.4 is 23.1 Å². The second-order valence-electron chi connectivity index (χ2n) is 3.75. The van der Waals surface area contributed by atoms with E-state index >= 15 is 0 Å². The molecule has 1 aliphatic heterocycles. The lowest BCUT2D eigenvalue weighted by molar-refractivity contribution is -0.506. The Morgan fingerprint density at radius 2 is 2.23 bits per heavy atom. The van der Waals surface area contributed by atoms with Crippen molar-refractivity contribution in [2.75, 3.05) is 0 Å².